The number of fused-ring (bicyclic) bond motifs is 1. The maximum absolute atomic E-state index is 13.6. The van der Waals surface area contributed by atoms with Gasteiger partial charge in [0.2, 0.25) is 11.8 Å². The minimum Gasteiger partial charge on any atom is -0.381 e. The number of aromatic nitrogens is 1. The Bertz CT molecular complexity index is 1200. The molecule has 204 valence electrons. The van der Waals surface area contributed by atoms with Gasteiger partial charge >= 0.3 is 0 Å². The Morgan fingerprint density at radius 1 is 1.24 bits per heavy atom. The summed E-state index contributed by atoms with van der Waals surface area (Å²) in [4.78, 5) is 43.0. The summed E-state index contributed by atoms with van der Waals surface area (Å²) in [6.07, 6.45) is 2.69. The Morgan fingerprint density at radius 3 is 2.63 bits per heavy atom. The zero-order valence-corrected chi connectivity index (χ0v) is 23.2. The molecule has 1 aliphatic rings. The highest BCUT2D eigenvalue weighted by Crippen LogP contribution is 2.27. The Morgan fingerprint density at radius 2 is 1.97 bits per heavy atom. The third-order valence-electron chi connectivity index (χ3n) is 6.69. The van der Waals surface area contributed by atoms with Crippen LogP contribution in [0.25, 0.3) is 10.2 Å². The van der Waals surface area contributed by atoms with E-state index >= 15 is 0 Å². The van der Waals surface area contributed by atoms with E-state index in [9.17, 15) is 14.4 Å². The van der Waals surface area contributed by atoms with Crippen molar-refractivity contribution in [1.82, 2.24) is 20.9 Å². The van der Waals surface area contributed by atoms with Crippen molar-refractivity contribution < 1.29 is 19.1 Å². The van der Waals surface area contributed by atoms with Crippen molar-refractivity contribution >= 4 is 39.3 Å². The SMILES string of the molecule is C=C(C#N)C(=O)NC[C@@H](NC(=O)[C@H](Cc1nc2ccc(C(C)C)cc2s1)NC(=O)CCC)C1CCOCC1. The molecular formula is C28H37N5O4S. The number of nitrogens with zero attached hydrogens (tertiary/aromatic N) is 2. The molecule has 0 saturated carbocycles. The number of thiazole rings is 1. The van der Waals surface area contributed by atoms with E-state index in [4.69, 9.17) is 15.0 Å². The quantitative estimate of drug-likeness (QED) is 0.280. The molecule has 3 rings (SSSR count). The minimum absolute atomic E-state index is 0.0762. The Balaban J connectivity index is 1.79. The molecule has 0 unspecified atom stereocenters. The maximum atomic E-state index is 13.6. The first-order chi connectivity index (χ1) is 18.2. The summed E-state index contributed by atoms with van der Waals surface area (Å²) in [7, 11) is 0. The highest BCUT2D eigenvalue weighted by molar-refractivity contribution is 7.18. The summed E-state index contributed by atoms with van der Waals surface area (Å²) >= 11 is 1.53. The van der Waals surface area contributed by atoms with E-state index in [1.807, 2.05) is 13.0 Å². The van der Waals surface area contributed by atoms with E-state index in [2.05, 4.69) is 48.5 Å². The number of amides is 3. The number of benzene rings is 1. The fourth-order valence-corrected chi connectivity index (χ4v) is 5.47. The largest absolute Gasteiger partial charge is 0.381 e. The van der Waals surface area contributed by atoms with Gasteiger partial charge in [0.25, 0.3) is 5.91 Å². The summed E-state index contributed by atoms with van der Waals surface area (Å²) in [5.74, 6) is -0.627. The number of hydrogen-bond donors (Lipinski definition) is 3. The third-order valence-corrected chi connectivity index (χ3v) is 7.73. The standard InChI is InChI=1S/C28H37N5O4S/c1-5-6-25(34)31-22(14-26-32-21-8-7-20(17(2)3)13-24(21)38-26)28(36)33-23(19-9-11-37-12-10-19)16-30-27(35)18(4)15-29/h7-8,13,17,19,22-23H,4-6,9-12,14,16H2,1-3H3,(H,30,35)(H,31,34)(H,33,36)/t22-,23+/m0/s1. The third kappa shape index (κ3) is 8.10. The molecule has 38 heavy (non-hydrogen) atoms. The number of nitriles is 1. The first-order valence-electron chi connectivity index (χ1n) is 13.2. The number of ether oxygens (including phenoxy) is 1. The summed E-state index contributed by atoms with van der Waals surface area (Å²) in [6, 6.07) is 6.73. The average molecular weight is 540 g/mol. The van der Waals surface area contributed by atoms with E-state index in [0.717, 1.165) is 28.1 Å². The zero-order chi connectivity index (χ0) is 27.7. The predicted octanol–water partition coefficient (Wildman–Crippen LogP) is 3.35. The van der Waals surface area contributed by atoms with Crippen LogP contribution in [0.3, 0.4) is 0 Å². The first-order valence-corrected chi connectivity index (χ1v) is 14.0. The van der Waals surface area contributed by atoms with E-state index in [-0.39, 0.29) is 36.3 Å². The molecule has 1 saturated heterocycles. The van der Waals surface area contributed by atoms with Gasteiger partial charge in [-0.2, -0.15) is 5.26 Å². The molecule has 2 atom stereocenters. The van der Waals surface area contributed by atoms with E-state index < -0.39 is 18.0 Å². The number of carbonyl (C=O) groups is 3. The fourth-order valence-electron chi connectivity index (χ4n) is 4.41. The summed E-state index contributed by atoms with van der Waals surface area (Å²) in [6.45, 7) is 10.9. The van der Waals surface area contributed by atoms with Gasteiger partial charge in [-0.05, 0) is 48.8 Å². The summed E-state index contributed by atoms with van der Waals surface area (Å²) in [5.41, 5.74) is 1.90. The lowest BCUT2D eigenvalue weighted by molar-refractivity contribution is -0.130. The molecule has 1 aromatic heterocycles. The van der Waals surface area contributed by atoms with Gasteiger partial charge in [0.15, 0.2) is 0 Å². The molecule has 0 bridgehead atoms. The predicted molar refractivity (Wildman–Crippen MR) is 147 cm³/mol. The van der Waals surface area contributed by atoms with Crippen molar-refractivity contribution in [2.24, 2.45) is 5.92 Å². The van der Waals surface area contributed by atoms with Gasteiger partial charge < -0.3 is 20.7 Å². The van der Waals surface area contributed by atoms with Crippen LogP contribution in [0.1, 0.15) is 62.9 Å². The van der Waals surface area contributed by atoms with Gasteiger partial charge in [0.05, 0.1) is 15.2 Å². The van der Waals surface area contributed by atoms with Gasteiger partial charge in [-0.1, -0.05) is 33.4 Å². The van der Waals surface area contributed by atoms with Crippen molar-refractivity contribution in [2.45, 2.75) is 70.9 Å². The van der Waals surface area contributed by atoms with Gasteiger partial charge in [0.1, 0.15) is 17.7 Å². The molecule has 1 aromatic carbocycles. The number of hydrogen-bond acceptors (Lipinski definition) is 7. The van der Waals surface area contributed by atoms with Crippen LogP contribution in [-0.2, 0) is 25.5 Å². The highest BCUT2D eigenvalue weighted by atomic mass is 32.1. The Kier molecular flexibility index (Phi) is 10.8. The van der Waals surface area contributed by atoms with Gasteiger partial charge in [0, 0.05) is 38.6 Å². The minimum atomic E-state index is -0.814. The highest BCUT2D eigenvalue weighted by Gasteiger charge is 2.30. The molecule has 10 heteroatoms. The molecule has 2 aromatic rings. The monoisotopic (exact) mass is 539 g/mol. The van der Waals surface area contributed by atoms with Crippen LogP contribution < -0.4 is 16.0 Å². The van der Waals surface area contributed by atoms with E-state index in [1.165, 1.54) is 16.9 Å². The molecule has 0 aliphatic carbocycles. The number of rotatable bonds is 12. The van der Waals surface area contributed by atoms with Crippen molar-refractivity contribution in [1.29, 1.82) is 5.26 Å². The molecule has 1 fully saturated rings. The lowest BCUT2D eigenvalue weighted by Crippen LogP contribution is -2.55. The average Bonchev–Trinajstić information content (AvgIpc) is 3.32. The number of carbonyl (C=O) groups excluding carboxylic acids is 3. The van der Waals surface area contributed by atoms with Gasteiger partial charge in [-0.15, -0.1) is 11.3 Å². The Hall–Kier alpha value is -3.29. The zero-order valence-electron chi connectivity index (χ0n) is 22.3. The van der Waals surface area contributed by atoms with Crippen molar-refractivity contribution in [3.05, 3.63) is 40.9 Å². The second-order valence-electron chi connectivity index (χ2n) is 9.93. The molecular weight excluding hydrogens is 502 g/mol. The molecule has 3 N–H and O–H groups in total. The molecule has 2 heterocycles. The molecule has 3 amide bonds. The summed E-state index contributed by atoms with van der Waals surface area (Å²) in [5, 5.41) is 18.4. The Labute approximate surface area is 228 Å². The normalized spacial score (nSPS) is 15.4. The van der Waals surface area contributed by atoms with Gasteiger partial charge in [-0.3, -0.25) is 14.4 Å². The maximum Gasteiger partial charge on any atom is 0.261 e. The van der Waals surface area contributed by atoms with E-state index in [1.54, 1.807) is 6.07 Å². The van der Waals surface area contributed by atoms with Crippen LogP contribution in [-0.4, -0.2) is 54.5 Å². The van der Waals surface area contributed by atoms with Crippen molar-refractivity contribution in [3.63, 3.8) is 0 Å². The molecule has 0 spiro atoms. The number of nitrogens with one attached hydrogen (secondary N) is 3. The van der Waals surface area contributed by atoms with E-state index in [0.29, 0.717) is 32.0 Å². The molecule has 1 aliphatic heterocycles. The first kappa shape index (κ1) is 29.3. The van der Waals surface area contributed by atoms with Crippen LogP contribution in [0, 0.1) is 17.2 Å². The second kappa shape index (κ2) is 14.0. The molecule has 0 radical (unpaired) electrons. The van der Waals surface area contributed by atoms with Crippen LogP contribution in [0.15, 0.2) is 30.4 Å². The lowest BCUT2D eigenvalue weighted by Gasteiger charge is -2.32. The van der Waals surface area contributed by atoms with Crippen LogP contribution in [0.4, 0.5) is 0 Å². The second-order valence-corrected chi connectivity index (χ2v) is 11.0. The van der Waals surface area contributed by atoms with Crippen molar-refractivity contribution in [3.8, 4) is 6.07 Å². The fraction of sp³-hybridized carbons (Fsp3) is 0.536. The van der Waals surface area contributed by atoms with Gasteiger partial charge in [-0.25, -0.2) is 4.98 Å². The molecule has 9 nitrogen and oxygen atoms in total. The topological polar surface area (TPSA) is 133 Å². The van der Waals surface area contributed by atoms with Crippen LogP contribution in [0.2, 0.25) is 0 Å². The lowest BCUT2D eigenvalue weighted by atomic mass is 9.91. The smallest absolute Gasteiger partial charge is 0.261 e. The van der Waals surface area contributed by atoms with Crippen molar-refractivity contribution in [2.75, 3.05) is 19.8 Å². The van der Waals surface area contributed by atoms with Crippen LogP contribution in [0.5, 0.6) is 0 Å². The van der Waals surface area contributed by atoms with Crippen LogP contribution >= 0.6 is 11.3 Å². The summed E-state index contributed by atoms with van der Waals surface area (Å²) < 4.78 is 6.52.